The third-order valence-electron chi connectivity index (χ3n) is 4.20. The van der Waals surface area contributed by atoms with Gasteiger partial charge in [0, 0.05) is 16.6 Å². The molecule has 6 heteroatoms. The van der Waals surface area contributed by atoms with Crippen molar-refractivity contribution in [2.45, 2.75) is 56.5 Å². The molecule has 21 heavy (non-hydrogen) atoms. The molecule has 4 nitrogen and oxygen atoms in total. The fraction of sp³-hybridized carbons (Fsp3) is 0.600. The summed E-state index contributed by atoms with van der Waals surface area (Å²) in [6, 6.07) is 5.42. The minimum atomic E-state index is -3.48. The lowest BCUT2D eigenvalue weighted by Gasteiger charge is -2.41. The molecule has 0 aromatic heterocycles. The smallest absolute Gasteiger partial charge is 0.242 e. The zero-order chi connectivity index (χ0) is 15.5. The first kappa shape index (κ1) is 16.9. The molecule has 1 aliphatic rings. The maximum atomic E-state index is 12.6. The lowest BCUT2D eigenvalue weighted by atomic mass is 9.76. The fourth-order valence-corrected chi connectivity index (χ4v) is 5.27. The van der Waals surface area contributed by atoms with Crippen molar-refractivity contribution >= 4 is 26.0 Å². The summed E-state index contributed by atoms with van der Waals surface area (Å²) in [6.07, 6.45) is 3.79. The van der Waals surface area contributed by atoms with Crippen molar-refractivity contribution in [3.63, 3.8) is 0 Å². The second-order valence-corrected chi connectivity index (χ2v) is 8.14. The third kappa shape index (κ3) is 3.86. The van der Waals surface area contributed by atoms with Crippen LogP contribution in [0.5, 0.6) is 0 Å². The quantitative estimate of drug-likeness (QED) is 0.770. The lowest BCUT2D eigenvalue weighted by molar-refractivity contribution is 0.214. The molecule has 1 aromatic carbocycles. The Balaban J connectivity index is 2.20. The highest BCUT2D eigenvalue weighted by molar-refractivity contribution is 9.10. The van der Waals surface area contributed by atoms with Gasteiger partial charge in [-0.2, -0.15) is 0 Å². The van der Waals surface area contributed by atoms with E-state index >= 15 is 0 Å². The van der Waals surface area contributed by atoms with Crippen LogP contribution in [-0.2, 0) is 16.6 Å². The largest absolute Gasteiger partial charge is 0.313 e. The fourth-order valence-electron chi connectivity index (χ4n) is 2.61. The molecule has 1 fully saturated rings. The Morgan fingerprint density at radius 2 is 2.00 bits per heavy atom. The van der Waals surface area contributed by atoms with Gasteiger partial charge in [0.25, 0.3) is 0 Å². The standard InChI is InChI=1S/C15H23BrN2O2S/c1-3-15(8-5-9-15)18-21(19,20)14-7-6-12(10-13(14)16)11-17-4-2/h6-7,10,17-18H,3-5,8-9,11H2,1-2H3. The number of rotatable bonds is 7. The van der Waals surface area contributed by atoms with Gasteiger partial charge in [-0.15, -0.1) is 0 Å². The van der Waals surface area contributed by atoms with E-state index in [0.717, 1.165) is 44.3 Å². The molecule has 0 atom stereocenters. The Kier molecular flexibility index (Phi) is 5.46. The predicted molar refractivity (Wildman–Crippen MR) is 88.7 cm³/mol. The van der Waals surface area contributed by atoms with Crippen LogP contribution in [0.3, 0.4) is 0 Å². The topological polar surface area (TPSA) is 58.2 Å². The van der Waals surface area contributed by atoms with Gasteiger partial charge < -0.3 is 5.32 Å². The van der Waals surface area contributed by atoms with Crippen LogP contribution in [0, 0.1) is 0 Å². The average molecular weight is 375 g/mol. The first-order valence-corrected chi connectivity index (χ1v) is 9.73. The summed E-state index contributed by atoms with van der Waals surface area (Å²) >= 11 is 3.40. The van der Waals surface area contributed by atoms with E-state index in [1.807, 2.05) is 26.0 Å². The average Bonchev–Trinajstić information content (AvgIpc) is 2.40. The molecular formula is C15H23BrN2O2S. The van der Waals surface area contributed by atoms with Crippen molar-refractivity contribution in [2.24, 2.45) is 0 Å². The van der Waals surface area contributed by atoms with Crippen LogP contribution in [0.25, 0.3) is 0 Å². The van der Waals surface area contributed by atoms with Crippen LogP contribution in [0.15, 0.2) is 27.6 Å². The number of hydrogen-bond acceptors (Lipinski definition) is 3. The van der Waals surface area contributed by atoms with E-state index in [-0.39, 0.29) is 5.54 Å². The van der Waals surface area contributed by atoms with Gasteiger partial charge in [0.1, 0.15) is 0 Å². The molecule has 0 heterocycles. The highest BCUT2D eigenvalue weighted by Gasteiger charge is 2.39. The van der Waals surface area contributed by atoms with Gasteiger partial charge in [0.2, 0.25) is 10.0 Å². The highest BCUT2D eigenvalue weighted by atomic mass is 79.9. The zero-order valence-electron chi connectivity index (χ0n) is 12.6. The molecule has 0 unspecified atom stereocenters. The van der Waals surface area contributed by atoms with Crippen molar-refractivity contribution in [1.29, 1.82) is 0 Å². The molecule has 0 saturated heterocycles. The normalized spacial score (nSPS) is 17.5. The van der Waals surface area contributed by atoms with Crippen molar-refractivity contribution in [3.8, 4) is 0 Å². The monoisotopic (exact) mass is 374 g/mol. The maximum Gasteiger partial charge on any atom is 0.242 e. The van der Waals surface area contributed by atoms with Gasteiger partial charge in [-0.1, -0.05) is 19.9 Å². The van der Waals surface area contributed by atoms with Crippen molar-refractivity contribution in [3.05, 3.63) is 28.2 Å². The number of sulfonamides is 1. The van der Waals surface area contributed by atoms with Crippen LogP contribution in [0.2, 0.25) is 0 Å². The third-order valence-corrected chi connectivity index (χ3v) is 6.76. The zero-order valence-corrected chi connectivity index (χ0v) is 15.0. The molecule has 118 valence electrons. The van der Waals surface area contributed by atoms with E-state index < -0.39 is 10.0 Å². The van der Waals surface area contributed by atoms with E-state index in [1.165, 1.54) is 0 Å². The van der Waals surface area contributed by atoms with Crippen molar-refractivity contribution < 1.29 is 8.42 Å². The lowest BCUT2D eigenvalue weighted by Crippen LogP contribution is -2.52. The van der Waals surface area contributed by atoms with Crippen LogP contribution < -0.4 is 10.0 Å². The van der Waals surface area contributed by atoms with E-state index in [0.29, 0.717) is 9.37 Å². The number of hydrogen-bond donors (Lipinski definition) is 2. The Labute approximate surface area is 135 Å². The molecule has 0 aliphatic heterocycles. The van der Waals surface area contributed by atoms with Crippen molar-refractivity contribution in [2.75, 3.05) is 6.54 Å². The second-order valence-electron chi connectivity index (χ2n) is 5.64. The molecule has 2 rings (SSSR count). The van der Waals surface area contributed by atoms with Gasteiger partial charge >= 0.3 is 0 Å². The Morgan fingerprint density at radius 3 is 2.48 bits per heavy atom. The molecule has 2 N–H and O–H groups in total. The summed E-state index contributed by atoms with van der Waals surface area (Å²) in [6.45, 7) is 5.71. The number of benzene rings is 1. The van der Waals surface area contributed by atoms with E-state index in [2.05, 4.69) is 26.0 Å². The Morgan fingerprint density at radius 1 is 1.29 bits per heavy atom. The van der Waals surface area contributed by atoms with Gasteiger partial charge in [0.05, 0.1) is 4.90 Å². The molecular weight excluding hydrogens is 352 g/mol. The summed E-state index contributed by atoms with van der Waals surface area (Å²) in [5, 5.41) is 3.23. The Bertz CT molecular complexity index is 592. The predicted octanol–water partition coefficient (Wildman–Crippen LogP) is 3.17. The van der Waals surface area contributed by atoms with E-state index in [1.54, 1.807) is 6.07 Å². The molecule has 1 aromatic rings. The van der Waals surface area contributed by atoms with Crippen LogP contribution in [0.4, 0.5) is 0 Å². The van der Waals surface area contributed by atoms with Gasteiger partial charge in [0.15, 0.2) is 0 Å². The van der Waals surface area contributed by atoms with Gasteiger partial charge in [-0.25, -0.2) is 13.1 Å². The first-order valence-electron chi connectivity index (χ1n) is 7.45. The second kappa shape index (κ2) is 6.77. The van der Waals surface area contributed by atoms with Crippen molar-refractivity contribution in [1.82, 2.24) is 10.0 Å². The molecule has 1 saturated carbocycles. The summed E-state index contributed by atoms with van der Waals surface area (Å²) < 4.78 is 28.7. The summed E-state index contributed by atoms with van der Waals surface area (Å²) in [7, 11) is -3.48. The summed E-state index contributed by atoms with van der Waals surface area (Å²) in [4.78, 5) is 0.322. The Hall–Kier alpha value is -0.430. The first-order chi connectivity index (χ1) is 9.92. The molecule has 1 aliphatic carbocycles. The number of nitrogens with one attached hydrogen (secondary N) is 2. The van der Waals surface area contributed by atoms with E-state index in [4.69, 9.17) is 0 Å². The van der Waals surface area contributed by atoms with E-state index in [9.17, 15) is 8.42 Å². The molecule has 0 radical (unpaired) electrons. The highest BCUT2D eigenvalue weighted by Crippen LogP contribution is 2.36. The minimum absolute atomic E-state index is 0.235. The van der Waals surface area contributed by atoms with Crippen LogP contribution >= 0.6 is 15.9 Å². The maximum absolute atomic E-state index is 12.6. The summed E-state index contributed by atoms with van der Waals surface area (Å²) in [5.74, 6) is 0. The molecule has 0 spiro atoms. The number of halogens is 1. The van der Waals surface area contributed by atoms with Crippen LogP contribution in [-0.4, -0.2) is 20.5 Å². The van der Waals surface area contributed by atoms with Gasteiger partial charge in [-0.05, 0) is 65.9 Å². The van der Waals surface area contributed by atoms with Crippen LogP contribution in [0.1, 0.15) is 45.1 Å². The van der Waals surface area contributed by atoms with Gasteiger partial charge in [-0.3, -0.25) is 0 Å². The minimum Gasteiger partial charge on any atom is -0.313 e. The summed E-state index contributed by atoms with van der Waals surface area (Å²) in [5.41, 5.74) is 0.831. The SMILES string of the molecule is CCNCc1ccc(S(=O)(=O)NC2(CC)CCC2)c(Br)c1. The molecule has 0 amide bonds. The molecule has 0 bridgehead atoms.